The third kappa shape index (κ3) is 5.62. The number of nitrogens with two attached hydrogens (primary N) is 2. The molecule has 0 spiro atoms. The van der Waals surface area contributed by atoms with Crippen LogP contribution in [0.3, 0.4) is 0 Å². The van der Waals surface area contributed by atoms with Gasteiger partial charge in [0.25, 0.3) is 5.91 Å². The fourth-order valence-electron chi connectivity index (χ4n) is 1.63. The lowest BCUT2D eigenvalue weighted by Crippen LogP contribution is -2.39. The number of hydrogen-bond donors (Lipinski definition) is 4. The number of primary amides is 1. The first-order chi connectivity index (χ1) is 9.79. The van der Waals surface area contributed by atoms with Crippen molar-refractivity contribution in [1.29, 1.82) is 0 Å². The van der Waals surface area contributed by atoms with Crippen molar-refractivity contribution >= 4 is 23.4 Å². The molecule has 1 aromatic carbocycles. The number of carbonyl (C=O) groups excluding carboxylic acids is 3. The van der Waals surface area contributed by atoms with E-state index in [0.29, 0.717) is 11.3 Å². The molecule has 0 aliphatic carbocycles. The van der Waals surface area contributed by atoms with Gasteiger partial charge in [-0.2, -0.15) is 0 Å². The Morgan fingerprint density at radius 1 is 1.24 bits per heavy atom. The van der Waals surface area contributed by atoms with Crippen molar-refractivity contribution in [3.8, 4) is 0 Å². The largest absolute Gasteiger partial charge is 0.370 e. The first kappa shape index (κ1) is 16.6. The summed E-state index contributed by atoms with van der Waals surface area (Å²) in [6.07, 6.45) is -0.237. The van der Waals surface area contributed by atoms with Crippen molar-refractivity contribution in [3.63, 3.8) is 0 Å². The first-order valence-corrected chi connectivity index (χ1v) is 6.55. The number of carbonyl (C=O) groups is 3. The molecular formula is C14H20N4O3. The minimum absolute atomic E-state index is 0.0136. The molecule has 21 heavy (non-hydrogen) atoms. The van der Waals surface area contributed by atoms with E-state index >= 15 is 0 Å². The van der Waals surface area contributed by atoms with Crippen molar-refractivity contribution in [3.05, 3.63) is 29.8 Å². The van der Waals surface area contributed by atoms with E-state index < -0.39 is 17.9 Å². The highest BCUT2D eigenvalue weighted by atomic mass is 16.2. The highest BCUT2D eigenvalue weighted by Gasteiger charge is 2.16. The minimum atomic E-state index is -1.02. The van der Waals surface area contributed by atoms with Crippen molar-refractivity contribution in [1.82, 2.24) is 5.32 Å². The molecule has 6 N–H and O–H groups in total. The maximum atomic E-state index is 11.9. The Labute approximate surface area is 123 Å². The zero-order valence-electron chi connectivity index (χ0n) is 12.1. The van der Waals surface area contributed by atoms with Crippen LogP contribution in [0.1, 0.15) is 30.6 Å². The molecule has 0 aliphatic heterocycles. The van der Waals surface area contributed by atoms with Crippen LogP contribution in [-0.4, -0.2) is 29.8 Å². The van der Waals surface area contributed by atoms with Crippen LogP contribution in [0.15, 0.2) is 24.3 Å². The SMILES string of the molecule is CC(C)NC(=O)c1cccc(NC(=O)C(N)CC(N)=O)c1. The molecule has 0 fully saturated rings. The molecule has 0 heterocycles. The van der Waals surface area contributed by atoms with E-state index in [1.165, 1.54) is 6.07 Å². The summed E-state index contributed by atoms with van der Waals surface area (Å²) < 4.78 is 0. The average Bonchev–Trinajstić information content (AvgIpc) is 2.37. The molecule has 0 aliphatic rings. The van der Waals surface area contributed by atoms with Crippen LogP contribution in [0.4, 0.5) is 5.69 Å². The topological polar surface area (TPSA) is 127 Å². The van der Waals surface area contributed by atoms with Crippen molar-refractivity contribution < 1.29 is 14.4 Å². The second kappa shape index (κ2) is 7.39. The van der Waals surface area contributed by atoms with E-state index in [4.69, 9.17) is 11.5 Å². The summed E-state index contributed by atoms with van der Waals surface area (Å²) >= 11 is 0. The van der Waals surface area contributed by atoms with Crippen LogP contribution in [0.2, 0.25) is 0 Å². The van der Waals surface area contributed by atoms with Crippen LogP contribution < -0.4 is 22.1 Å². The first-order valence-electron chi connectivity index (χ1n) is 6.55. The van der Waals surface area contributed by atoms with Crippen LogP contribution in [0.5, 0.6) is 0 Å². The Kier molecular flexibility index (Phi) is 5.86. The lowest BCUT2D eigenvalue weighted by atomic mass is 10.1. The van der Waals surface area contributed by atoms with Crippen LogP contribution in [0, 0.1) is 0 Å². The Morgan fingerprint density at radius 3 is 2.48 bits per heavy atom. The molecule has 7 heteroatoms. The van der Waals surface area contributed by atoms with E-state index in [-0.39, 0.29) is 18.4 Å². The van der Waals surface area contributed by atoms with Gasteiger partial charge >= 0.3 is 0 Å². The van der Waals surface area contributed by atoms with E-state index in [9.17, 15) is 14.4 Å². The summed E-state index contributed by atoms with van der Waals surface area (Å²) in [5.74, 6) is -1.42. The van der Waals surface area contributed by atoms with Crippen molar-refractivity contribution in [2.75, 3.05) is 5.32 Å². The number of hydrogen-bond acceptors (Lipinski definition) is 4. The van der Waals surface area contributed by atoms with Gasteiger partial charge in [-0.1, -0.05) is 6.07 Å². The van der Waals surface area contributed by atoms with Crippen LogP contribution >= 0.6 is 0 Å². The molecule has 114 valence electrons. The predicted molar refractivity (Wildman–Crippen MR) is 79.5 cm³/mol. The van der Waals surface area contributed by atoms with Gasteiger partial charge in [-0.3, -0.25) is 14.4 Å². The van der Waals surface area contributed by atoms with Gasteiger partial charge in [-0.15, -0.1) is 0 Å². The van der Waals surface area contributed by atoms with Gasteiger partial charge in [0.15, 0.2) is 0 Å². The van der Waals surface area contributed by atoms with Crippen molar-refractivity contribution in [2.45, 2.75) is 32.4 Å². The van der Waals surface area contributed by atoms with Gasteiger partial charge in [0.05, 0.1) is 12.5 Å². The number of anilines is 1. The summed E-state index contributed by atoms with van der Waals surface area (Å²) in [5.41, 5.74) is 11.4. The van der Waals surface area contributed by atoms with E-state index in [1.54, 1.807) is 18.2 Å². The van der Waals surface area contributed by atoms with Gasteiger partial charge in [0, 0.05) is 17.3 Å². The van der Waals surface area contributed by atoms with E-state index in [0.717, 1.165) is 0 Å². The summed E-state index contributed by atoms with van der Waals surface area (Å²) in [4.78, 5) is 34.3. The quantitative estimate of drug-likeness (QED) is 0.587. The molecule has 1 unspecified atom stereocenters. The highest BCUT2D eigenvalue weighted by molar-refractivity contribution is 5.99. The van der Waals surface area contributed by atoms with Crippen LogP contribution in [-0.2, 0) is 9.59 Å². The van der Waals surface area contributed by atoms with Crippen molar-refractivity contribution in [2.24, 2.45) is 11.5 Å². The normalized spacial score (nSPS) is 11.8. The fourth-order valence-corrected chi connectivity index (χ4v) is 1.63. The molecule has 3 amide bonds. The molecule has 0 saturated carbocycles. The summed E-state index contributed by atoms with van der Waals surface area (Å²) in [5, 5.41) is 5.29. The lowest BCUT2D eigenvalue weighted by molar-refractivity contribution is -0.123. The van der Waals surface area contributed by atoms with Gasteiger partial charge in [0.2, 0.25) is 11.8 Å². The zero-order valence-corrected chi connectivity index (χ0v) is 12.1. The van der Waals surface area contributed by atoms with E-state index in [1.807, 2.05) is 13.8 Å². The zero-order chi connectivity index (χ0) is 16.0. The third-order valence-corrected chi connectivity index (χ3v) is 2.57. The Morgan fingerprint density at radius 2 is 1.90 bits per heavy atom. The third-order valence-electron chi connectivity index (χ3n) is 2.57. The standard InChI is InChI=1S/C14H20N4O3/c1-8(2)17-13(20)9-4-3-5-10(6-9)18-14(21)11(15)7-12(16)19/h3-6,8,11H,7,15H2,1-2H3,(H2,16,19)(H,17,20)(H,18,21). The molecular weight excluding hydrogens is 272 g/mol. The van der Waals surface area contributed by atoms with Gasteiger partial charge in [-0.05, 0) is 32.0 Å². The molecule has 0 saturated heterocycles. The minimum Gasteiger partial charge on any atom is -0.370 e. The van der Waals surface area contributed by atoms with E-state index in [2.05, 4.69) is 10.6 Å². The Bertz CT molecular complexity index is 543. The molecule has 1 atom stereocenters. The lowest BCUT2D eigenvalue weighted by Gasteiger charge is -2.12. The predicted octanol–water partition coefficient (Wildman–Crippen LogP) is -0.0340. The molecule has 0 bridgehead atoms. The second-order valence-electron chi connectivity index (χ2n) is 4.98. The maximum Gasteiger partial charge on any atom is 0.251 e. The second-order valence-corrected chi connectivity index (χ2v) is 4.98. The molecule has 0 radical (unpaired) electrons. The maximum absolute atomic E-state index is 11.9. The van der Waals surface area contributed by atoms with Gasteiger partial charge < -0.3 is 22.1 Å². The highest BCUT2D eigenvalue weighted by Crippen LogP contribution is 2.11. The Hall–Kier alpha value is -2.41. The molecule has 1 rings (SSSR count). The average molecular weight is 292 g/mol. The summed E-state index contributed by atoms with van der Waals surface area (Å²) in [6.45, 7) is 3.71. The summed E-state index contributed by atoms with van der Waals surface area (Å²) in [6, 6.07) is 5.44. The molecule has 1 aromatic rings. The number of amides is 3. The summed E-state index contributed by atoms with van der Waals surface area (Å²) in [7, 11) is 0. The number of rotatable bonds is 6. The monoisotopic (exact) mass is 292 g/mol. The smallest absolute Gasteiger partial charge is 0.251 e. The van der Waals surface area contributed by atoms with Gasteiger partial charge in [-0.25, -0.2) is 0 Å². The number of benzene rings is 1. The molecule has 0 aromatic heterocycles. The Balaban J connectivity index is 2.74. The number of nitrogens with one attached hydrogen (secondary N) is 2. The van der Waals surface area contributed by atoms with Gasteiger partial charge in [0.1, 0.15) is 0 Å². The molecule has 7 nitrogen and oxygen atoms in total. The van der Waals surface area contributed by atoms with Crippen LogP contribution in [0.25, 0.3) is 0 Å². The fraction of sp³-hybridized carbons (Fsp3) is 0.357.